The zero-order valence-corrected chi connectivity index (χ0v) is 21.8. The van der Waals surface area contributed by atoms with Gasteiger partial charge in [0.25, 0.3) is 11.6 Å². The Hall–Kier alpha value is -4.54. The second-order valence-corrected chi connectivity index (χ2v) is 9.59. The lowest BCUT2D eigenvalue weighted by Crippen LogP contribution is -2.30. The summed E-state index contributed by atoms with van der Waals surface area (Å²) >= 11 is 0. The van der Waals surface area contributed by atoms with E-state index in [0.29, 0.717) is 17.1 Å². The van der Waals surface area contributed by atoms with Gasteiger partial charge in [-0.25, -0.2) is 0 Å². The Kier molecular flexibility index (Phi) is 7.38. The van der Waals surface area contributed by atoms with Crippen molar-refractivity contribution >= 4 is 5.91 Å². The van der Waals surface area contributed by atoms with E-state index in [1.807, 2.05) is 12.1 Å². The number of ether oxygens (including phenoxy) is 2. The van der Waals surface area contributed by atoms with Gasteiger partial charge in [0.05, 0.1) is 38.1 Å². The van der Waals surface area contributed by atoms with E-state index in [1.54, 1.807) is 32.4 Å². The van der Waals surface area contributed by atoms with Gasteiger partial charge in [0.1, 0.15) is 17.8 Å². The summed E-state index contributed by atoms with van der Waals surface area (Å²) in [4.78, 5) is 17.7. The normalized spacial score (nSPS) is 14.0. The van der Waals surface area contributed by atoms with Crippen LogP contribution in [0.15, 0.2) is 71.6 Å². The highest BCUT2D eigenvalue weighted by Gasteiger charge is 2.36. The molecule has 2 aromatic heterocycles. The van der Waals surface area contributed by atoms with Crippen LogP contribution in [0.3, 0.4) is 0 Å². The van der Waals surface area contributed by atoms with Crippen molar-refractivity contribution in [2.75, 3.05) is 14.2 Å². The number of nitrogens with one attached hydrogen (secondary N) is 2. The largest absolute Gasteiger partial charge is 0.497 e. The molecular formula is C29H27F3N4O4. The van der Waals surface area contributed by atoms with E-state index in [2.05, 4.69) is 10.3 Å². The first-order valence-corrected chi connectivity index (χ1v) is 12.5. The Labute approximate surface area is 227 Å². The third kappa shape index (κ3) is 5.88. The number of rotatable bonds is 9. The molecule has 1 atom stereocenters. The Balaban J connectivity index is 1.55. The molecule has 0 bridgehead atoms. The Bertz CT molecular complexity index is 1570. The second-order valence-electron chi connectivity index (χ2n) is 9.59. The maximum absolute atomic E-state index is 13.8. The van der Waals surface area contributed by atoms with Crippen LogP contribution < -0.4 is 20.5 Å². The molecule has 2 aromatic carbocycles. The summed E-state index contributed by atoms with van der Waals surface area (Å²) < 4.78 is 58.9. The second kappa shape index (κ2) is 10.9. The average molecular weight is 553 g/mol. The van der Waals surface area contributed by atoms with Crippen molar-refractivity contribution in [1.29, 1.82) is 5.41 Å². The minimum absolute atomic E-state index is 0.108. The molecule has 40 heavy (non-hydrogen) atoms. The molecule has 2 heterocycles. The highest BCUT2D eigenvalue weighted by molar-refractivity contribution is 5.96. The number of pyridine rings is 1. The van der Waals surface area contributed by atoms with E-state index in [9.17, 15) is 18.0 Å². The summed E-state index contributed by atoms with van der Waals surface area (Å²) in [7, 11) is 3.09. The summed E-state index contributed by atoms with van der Waals surface area (Å²) in [6.07, 6.45) is 1.35. The lowest BCUT2D eigenvalue weighted by molar-refractivity contribution is -0.137. The summed E-state index contributed by atoms with van der Waals surface area (Å²) in [5.41, 5.74) is 0.290. The number of halogens is 3. The van der Waals surface area contributed by atoms with Gasteiger partial charge in [-0.2, -0.15) is 13.2 Å². The molecule has 5 rings (SSSR count). The van der Waals surface area contributed by atoms with Crippen molar-refractivity contribution in [1.82, 2.24) is 14.9 Å². The minimum atomic E-state index is -4.64. The van der Waals surface area contributed by atoms with Gasteiger partial charge in [-0.3, -0.25) is 19.8 Å². The van der Waals surface area contributed by atoms with E-state index in [4.69, 9.17) is 19.3 Å². The van der Waals surface area contributed by atoms with Crippen LogP contribution in [0.25, 0.3) is 11.3 Å². The maximum Gasteiger partial charge on any atom is 0.418 e. The molecule has 8 nitrogen and oxygen atoms in total. The molecule has 1 aliphatic carbocycles. The molecular weight excluding hydrogens is 525 g/mol. The molecule has 11 heteroatoms. The summed E-state index contributed by atoms with van der Waals surface area (Å²) in [5.74, 6) is 0.909. The van der Waals surface area contributed by atoms with Crippen LogP contribution in [0.1, 0.15) is 45.9 Å². The Morgan fingerprint density at radius 3 is 2.48 bits per heavy atom. The Morgan fingerprint density at radius 1 is 1.15 bits per heavy atom. The molecule has 1 fully saturated rings. The zero-order chi connectivity index (χ0) is 28.4. The predicted octanol–water partition coefficient (Wildman–Crippen LogP) is 5.59. The lowest BCUT2D eigenvalue weighted by Gasteiger charge is -2.21. The molecule has 1 aliphatic rings. The molecule has 0 spiro atoms. The van der Waals surface area contributed by atoms with Gasteiger partial charge in [0, 0.05) is 29.6 Å². The number of alkyl halides is 3. The van der Waals surface area contributed by atoms with Crippen LogP contribution in [0.5, 0.6) is 11.5 Å². The number of amides is 1. The first-order chi connectivity index (χ1) is 19.2. The molecule has 0 unspecified atom stereocenters. The number of aromatic nitrogens is 2. The third-order valence-corrected chi connectivity index (χ3v) is 6.79. The number of hydrogen-bond donors (Lipinski definition) is 2. The highest BCUT2D eigenvalue weighted by Crippen LogP contribution is 2.43. The fourth-order valence-corrected chi connectivity index (χ4v) is 4.68. The van der Waals surface area contributed by atoms with Crippen molar-refractivity contribution in [2.24, 2.45) is 5.92 Å². The molecule has 1 amide bonds. The van der Waals surface area contributed by atoms with E-state index in [0.717, 1.165) is 24.5 Å². The highest BCUT2D eigenvalue weighted by atomic mass is 19.4. The minimum Gasteiger partial charge on any atom is -0.497 e. The third-order valence-electron chi connectivity index (χ3n) is 6.79. The van der Waals surface area contributed by atoms with Crippen molar-refractivity contribution in [3.63, 3.8) is 0 Å². The van der Waals surface area contributed by atoms with E-state index < -0.39 is 17.6 Å². The van der Waals surface area contributed by atoms with Crippen molar-refractivity contribution < 1.29 is 31.9 Å². The van der Waals surface area contributed by atoms with Crippen molar-refractivity contribution in [3.8, 4) is 22.8 Å². The first kappa shape index (κ1) is 27.0. The first-order valence-electron chi connectivity index (χ1n) is 12.5. The van der Waals surface area contributed by atoms with Gasteiger partial charge in [-0.15, -0.1) is 0 Å². The fraction of sp³-hybridized carbons (Fsp3) is 0.276. The number of oxazole rings is 1. The molecule has 1 saturated carbocycles. The quantitative estimate of drug-likeness (QED) is 0.282. The van der Waals surface area contributed by atoms with Gasteiger partial charge in [-0.05, 0) is 72.4 Å². The van der Waals surface area contributed by atoms with Crippen LogP contribution in [0.2, 0.25) is 0 Å². The van der Waals surface area contributed by atoms with Crippen LogP contribution in [-0.4, -0.2) is 29.7 Å². The van der Waals surface area contributed by atoms with Crippen LogP contribution in [-0.2, 0) is 12.7 Å². The van der Waals surface area contributed by atoms with Crippen LogP contribution in [0, 0.1) is 11.3 Å². The number of carbonyl (C=O) groups is 1. The summed E-state index contributed by atoms with van der Waals surface area (Å²) in [6.45, 7) is 0.108. The lowest BCUT2D eigenvalue weighted by atomic mass is 9.98. The maximum atomic E-state index is 13.8. The number of hydrogen-bond acceptors (Lipinski definition) is 6. The standard InChI is InChI=1S/C29H27F3N4O4/c1-38-22-13-20(14-23(15-22)39-2)25(18-5-6-18)35-27(37)21-11-17(16-36-8-9-40-28(36)33)10-19(12-21)26-24(29(30,31)32)4-3-7-34-26/h3-4,7-15,18,25,33H,5-6,16H2,1-2H3,(H,35,37)/t25-/m0/s1. The zero-order valence-electron chi connectivity index (χ0n) is 21.8. The molecule has 0 saturated heterocycles. The van der Waals surface area contributed by atoms with Crippen LogP contribution in [0.4, 0.5) is 13.2 Å². The smallest absolute Gasteiger partial charge is 0.418 e. The van der Waals surface area contributed by atoms with E-state index in [-0.39, 0.29) is 41.0 Å². The van der Waals surface area contributed by atoms with Crippen molar-refractivity contribution in [3.05, 3.63) is 95.1 Å². The fourth-order valence-electron chi connectivity index (χ4n) is 4.68. The van der Waals surface area contributed by atoms with E-state index >= 15 is 0 Å². The number of benzene rings is 2. The number of methoxy groups -OCH3 is 2. The topological polar surface area (TPSA) is 102 Å². The molecule has 0 aliphatic heterocycles. The molecule has 4 aromatic rings. The number of carbonyl (C=O) groups excluding carboxylic acids is 1. The van der Waals surface area contributed by atoms with Gasteiger partial charge in [0.2, 0.25) is 0 Å². The van der Waals surface area contributed by atoms with E-state index in [1.165, 1.54) is 35.4 Å². The Morgan fingerprint density at radius 2 is 1.88 bits per heavy atom. The predicted molar refractivity (Wildman–Crippen MR) is 139 cm³/mol. The van der Waals surface area contributed by atoms with Crippen LogP contribution >= 0.6 is 0 Å². The van der Waals surface area contributed by atoms with Gasteiger partial charge in [-0.1, -0.05) is 0 Å². The molecule has 0 radical (unpaired) electrons. The average Bonchev–Trinajstić information content (AvgIpc) is 3.72. The monoisotopic (exact) mass is 552 g/mol. The SMILES string of the molecule is COc1cc(OC)cc([C@@H](NC(=O)c2cc(Cn3ccoc3=N)cc(-c3ncccc3C(F)(F)F)c2)C2CC2)c1. The van der Waals surface area contributed by atoms with Gasteiger partial charge < -0.3 is 19.2 Å². The number of nitrogens with zero attached hydrogens (tertiary/aromatic N) is 2. The summed E-state index contributed by atoms with van der Waals surface area (Å²) in [5, 5.41) is 11.0. The van der Waals surface area contributed by atoms with Crippen molar-refractivity contribution in [2.45, 2.75) is 31.6 Å². The molecule has 208 valence electrons. The summed E-state index contributed by atoms with van der Waals surface area (Å²) in [6, 6.07) is 11.8. The van der Waals surface area contributed by atoms with Gasteiger partial charge in [0.15, 0.2) is 0 Å². The molecule has 2 N–H and O–H groups in total. The van der Waals surface area contributed by atoms with Gasteiger partial charge >= 0.3 is 6.18 Å².